The SMILES string of the molecule is CC(=O)Oc1ccc(CN(CCOCCOc2ccc(-c3cc(=O)c4ccccc4o3)cc2)CCOCCOc2ccc(-c3cc(=O)c4ccccc4o3)cc2)cc1. The van der Waals surface area contributed by atoms with Crippen LogP contribution >= 0.6 is 0 Å². The van der Waals surface area contributed by atoms with Crippen molar-refractivity contribution in [3.05, 3.63) is 159 Å². The number of esters is 1. The van der Waals surface area contributed by atoms with Crippen LogP contribution in [0.25, 0.3) is 44.6 Å². The van der Waals surface area contributed by atoms with Crippen LogP contribution in [0, 0.1) is 0 Å². The third-order valence-electron chi connectivity index (χ3n) is 9.23. The van der Waals surface area contributed by atoms with E-state index in [1.807, 2.05) is 84.9 Å². The molecule has 7 rings (SSSR count). The van der Waals surface area contributed by atoms with Crippen LogP contribution in [-0.2, 0) is 20.8 Å². The van der Waals surface area contributed by atoms with Gasteiger partial charge in [-0.25, -0.2) is 0 Å². The molecule has 0 aliphatic heterocycles. The summed E-state index contributed by atoms with van der Waals surface area (Å²) >= 11 is 0. The molecule has 0 N–H and O–H groups in total. The van der Waals surface area contributed by atoms with Crippen LogP contribution in [-0.4, -0.2) is 63.6 Å². The minimum Gasteiger partial charge on any atom is -0.491 e. The Morgan fingerprint density at radius 2 is 0.983 bits per heavy atom. The van der Waals surface area contributed by atoms with Gasteiger partial charge >= 0.3 is 5.97 Å². The summed E-state index contributed by atoms with van der Waals surface area (Å²) in [5.41, 5.74) is 3.55. The van der Waals surface area contributed by atoms with Gasteiger partial charge in [0, 0.05) is 49.8 Å². The maximum atomic E-state index is 12.5. The van der Waals surface area contributed by atoms with Crippen LogP contribution < -0.4 is 25.1 Å². The van der Waals surface area contributed by atoms with E-state index in [4.69, 9.17) is 32.5 Å². The predicted octanol–water partition coefficient (Wildman–Crippen LogP) is 8.15. The number of nitrogens with zero attached hydrogens (tertiary/aromatic N) is 1. The maximum absolute atomic E-state index is 12.5. The summed E-state index contributed by atoms with van der Waals surface area (Å²) in [5.74, 6) is 2.50. The van der Waals surface area contributed by atoms with E-state index in [1.165, 1.54) is 19.1 Å². The fourth-order valence-electron chi connectivity index (χ4n) is 6.31. The van der Waals surface area contributed by atoms with E-state index < -0.39 is 0 Å². The number of ether oxygens (including phenoxy) is 5. The molecule has 0 saturated heterocycles. The van der Waals surface area contributed by atoms with Crippen LogP contribution in [0.15, 0.2) is 152 Å². The summed E-state index contributed by atoms with van der Waals surface area (Å²) in [7, 11) is 0. The number of rotatable bonds is 19. The summed E-state index contributed by atoms with van der Waals surface area (Å²) in [4.78, 5) is 38.6. The van der Waals surface area contributed by atoms with Crippen molar-refractivity contribution in [3.8, 4) is 39.9 Å². The van der Waals surface area contributed by atoms with Gasteiger partial charge in [-0.2, -0.15) is 0 Å². The lowest BCUT2D eigenvalue weighted by Crippen LogP contribution is -2.31. The Bertz CT molecular complexity index is 2400. The van der Waals surface area contributed by atoms with Crippen molar-refractivity contribution in [2.45, 2.75) is 13.5 Å². The van der Waals surface area contributed by atoms with Gasteiger partial charge in [0.05, 0.1) is 37.2 Å². The van der Waals surface area contributed by atoms with Crippen LogP contribution in [0.2, 0.25) is 0 Å². The van der Waals surface area contributed by atoms with Gasteiger partial charge in [-0.05, 0) is 90.5 Å². The van der Waals surface area contributed by atoms with E-state index >= 15 is 0 Å². The zero-order valence-corrected chi connectivity index (χ0v) is 32.1. The van der Waals surface area contributed by atoms with Crippen molar-refractivity contribution in [2.75, 3.05) is 52.7 Å². The Balaban J connectivity index is 0.843. The second-order valence-corrected chi connectivity index (χ2v) is 13.4. The summed E-state index contributed by atoms with van der Waals surface area (Å²) in [6.45, 7) is 5.83. The third kappa shape index (κ3) is 10.9. The molecule has 0 unspecified atom stereocenters. The second kappa shape index (κ2) is 19.6. The molecule has 58 heavy (non-hydrogen) atoms. The highest BCUT2D eigenvalue weighted by molar-refractivity contribution is 5.79. The molecular formula is C47H43NO10. The first-order valence-corrected chi connectivity index (χ1v) is 19.1. The highest BCUT2D eigenvalue weighted by atomic mass is 16.5. The lowest BCUT2D eigenvalue weighted by atomic mass is 10.1. The van der Waals surface area contributed by atoms with Crippen LogP contribution in [0.5, 0.6) is 17.2 Å². The largest absolute Gasteiger partial charge is 0.491 e. The molecule has 0 radical (unpaired) electrons. The summed E-state index contributed by atoms with van der Waals surface area (Å²) < 4.78 is 40.7. The van der Waals surface area contributed by atoms with Crippen LogP contribution in [0.4, 0.5) is 0 Å². The Kier molecular flexibility index (Phi) is 13.4. The quantitative estimate of drug-likeness (QED) is 0.0448. The van der Waals surface area contributed by atoms with Gasteiger partial charge in [0.25, 0.3) is 0 Å². The number of fused-ring (bicyclic) bond motifs is 2. The van der Waals surface area contributed by atoms with E-state index in [-0.39, 0.29) is 16.8 Å². The molecule has 7 aromatic rings. The van der Waals surface area contributed by atoms with Gasteiger partial charge < -0.3 is 32.5 Å². The predicted molar refractivity (Wildman–Crippen MR) is 221 cm³/mol. The Morgan fingerprint density at radius 3 is 1.45 bits per heavy atom. The Hall–Kier alpha value is -6.53. The Morgan fingerprint density at radius 1 is 0.534 bits per heavy atom. The first-order chi connectivity index (χ1) is 28.4. The third-order valence-corrected chi connectivity index (χ3v) is 9.23. The highest BCUT2D eigenvalue weighted by Gasteiger charge is 2.11. The normalized spacial score (nSPS) is 11.3. The average Bonchev–Trinajstić information content (AvgIpc) is 3.24. The van der Waals surface area contributed by atoms with Crippen LogP contribution in [0.1, 0.15) is 12.5 Å². The summed E-state index contributed by atoms with van der Waals surface area (Å²) in [6, 6.07) is 39.7. The number of carbonyl (C=O) groups excluding carboxylic acids is 1. The molecule has 0 fully saturated rings. The molecule has 0 atom stereocenters. The van der Waals surface area contributed by atoms with E-state index in [0.717, 1.165) is 16.7 Å². The Labute approximate surface area is 334 Å². The van der Waals surface area contributed by atoms with Crippen LogP contribution in [0.3, 0.4) is 0 Å². The first-order valence-electron chi connectivity index (χ1n) is 19.1. The molecule has 2 aromatic heterocycles. The van der Waals surface area contributed by atoms with E-state index in [0.29, 0.717) is 110 Å². The van der Waals surface area contributed by atoms with Crippen molar-refractivity contribution in [3.63, 3.8) is 0 Å². The minimum atomic E-state index is -0.363. The van der Waals surface area contributed by atoms with Gasteiger partial charge in [0.15, 0.2) is 10.9 Å². The van der Waals surface area contributed by atoms with E-state index in [9.17, 15) is 14.4 Å². The smallest absolute Gasteiger partial charge is 0.308 e. The molecule has 5 aromatic carbocycles. The van der Waals surface area contributed by atoms with Gasteiger partial charge in [0.2, 0.25) is 0 Å². The molecule has 0 saturated carbocycles. The summed E-state index contributed by atoms with van der Waals surface area (Å²) in [5, 5.41) is 1.10. The molecular weight excluding hydrogens is 739 g/mol. The zero-order chi connectivity index (χ0) is 40.1. The average molecular weight is 782 g/mol. The van der Waals surface area contributed by atoms with Gasteiger partial charge in [-0.15, -0.1) is 0 Å². The fourth-order valence-corrected chi connectivity index (χ4v) is 6.31. The fraction of sp³-hybridized carbons (Fsp3) is 0.213. The lowest BCUT2D eigenvalue weighted by Gasteiger charge is -2.22. The molecule has 0 aliphatic carbocycles. The highest BCUT2D eigenvalue weighted by Crippen LogP contribution is 2.26. The maximum Gasteiger partial charge on any atom is 0.308 e. The van der Waals surface area contributed by atoms with E-state index in [2.05, 4.69) is 4.90 Å². The molecule has 296 valence electrons. The van der Waals surface area contributed by atoms with E-state index in [1.54, 1.807) is 36.4 Å². The molecule has 11 heteroatoms. The summed E-state index contributed by atoms with van der Waals surface area (Å²) in [6.07, 6.45) is 0. The molecule has 11 nitrogen and oxygen atoms in total. The van der Waals surface area contributed by atoms with Gasteiger partial charge in [-0.3, -0.25) is 19.3 Å². The standard InChI is InChI=1S/C47H43NO10/c1-33(49)56-39-16-10-34(11-17-39)32-48(22-24-52-26-28-54-37-18-12-35(13-19-37)46-30-42(50)40-6-2-4-8-44(40)57-46)23-25-53-27-29-55-38-20-14-36(15-21-38)47-31-43(51)41-7-3-5-9-45(41)58-47/h2-21,30-31H,22-29,32H2,1H3. The number of benzene rings is 5. The number of hydrogen-bond acceptors (Lipinski definition) is 11. The van der Waals surface area contributed by atoms with Crippen molar-refractivity contribution in [2.24, 2.45) is 0 Å². The molecule has 0 bridgehead atoms. The molecule has 0 aliphatic rings. The van der Waals surface area contributed by atoms with Gasteiger partial charge in [0.1, 0.15) is 53.1 Å². The van der Waals surface area contributed by atoms with Crippen molar-refractivity contribution in [1.82, 2.24) is 4.90 Å². The first kappa shape index (κ1) is 39.7. The second-order valence-electron chi connectivity index (χ2n) is 13.4. The monoisotopic (exact) mass is 781 g/mol. The number of carbonyl (C=O) groups is 1. The molecule has 0 amide bonds. The molecule has 0 spiro atoms. The van der Waals surface area contributed by atoms with Crippen molar-refractivity contribution >= 4 is 27.9 Å². The molecule has 2 heterocycles. The van der Waals surface area contributed by atoms with Crippen molar-refractivity contribution in [1.29, 1.82) is 0 Å². The zero-order valence-electron chi connectivity index (χ0n) is 32.1. The minimum absolute atomic E-state index is 0.0841. The topological polar surface area (TPSA) is 127 Å². The van der Waals surface area contributed by atoms with Crippen molar-refractivity contribution < 1.29 is 37.3 Å². The number of para-hydroxylation sites is 2. The lowest BCUT2D eigenvalue weighted by molar-refractivity contribution is -0.131. The number of hydrogen-bond donors (Lipinski definition) is 0. The van der Waals surface area contributed by atoms with Gasteiger partial charge in [-0.1, -0.05) is 36.4 Å².